The summed E-state index contributed by atoms with van der Waals surface area (Å²) in [5.41, 5.74) is 0.982. The van der Waals surface area contributed by atoms with Gasteiger partial charge in [-0.2, -0.15) is 0 Å². The van der Waals surface area contributed by atoms with Gasteiger partial charge in [0.2, 0.25) is 5.78 Å². The number of allylic oxidation sites excluding steroid dienone is 1. The molecule has 0 aliphatic carbocycles. The average Bonchev–Trinajstić information content (AvgIpc) is 3.07. The number of halogens is 1. The van der Waals surface area contributed by atoms with Gasteiger partial charge in [-0.25, -0.2) is 4.39 Å². The molecule has 1 aliphatic heterocycles. The van der Waals surface area contributed by atoms with Crippen LogP contribution in [0.2, 0.25) is 0 Å². The fourth-order valence-electron chi connectivity index (χ4n) is 3.00. The molecule has 0 spiro atoms. The lowest BCUT2D eigenvalue weighted by Gasteiger charge is -2.07. The summed E-state index contributed by atoms with van der Waals surface area (Å²) in [7, 11) is 0. The predicted molar refractivity (Wildman–Crippen MR) is 109 cm³/mol. The molecule has 0 amide bonds. The summed E-state index contributed by atoms with van der Waals surface area (Å²) in [6, 6.07) is 15.5. The minimum atomic E-state index is -0.523. The largest absolute Gasteiger partial charge is 0.485 e. The number of hydrogen-bond donors (Lipinski definition) is 0. The number of hydrogen-bond acceptors (Lipinski definition) is 6. The maximum Gasteiger partial charge on any atom is 0.270 e. The Labute approximate surface area is 175 Å². The normalized spacial score (nSPS) is 13.6. The summed E-state index contributed by atoms with van der Waals surface area (Å²) in [5, 5.41) is 10.9. The molecule has 0 saturated carbocycles. The number of ketones is 2. The Morgan fingerprint density at radius 3 is 2.61 bits per heavy atom. The van der Waals surface area contributed by atoms with E-state index in [0.717, 1.165) is 0 Å². The number of nitro groups is 1. The van der Waals surface area contributed by atoms with E-state index in [0.29, 0.717) is 22.4 Å². The number of nitrogens with zero attached hydrogens (tertiary/aromatic N) is 1. The van der Waals surface area contributed by atoms with Gasteiger partial charge >= 0.3 is 0 Å². The van der Waals surface area contributed by atoms with E-state index in [1.807, 2.05) is 0 Å². The Bertz CT molecular complexity index is 1230. The van der Waals surface area contributed by atoms with Crippen LogP contribution in [0.4, 0.5) is 10.1 Å². The van der Waals surface area contributed by atoms with Crippen LogP contribution in [-0.4, -0.2) is 23.1 Å². The van der Waals surface area contributed by atoms with Gasteiger partial charge in [0, 0.05) is 23.8 Å². The lowest BCUT2D eigenvalue weighted by Crippen LogP contribution is -2.11. The number of carbonyl (C=O) groups excluding carboxylic acids is 2. The van der Waals surface area contributed by atoms with Crippen LogP contribution in [-0.2, 0) is 0 Å². The molecular formula is C23H14FNO6. The number of benzene rings is 3. The van der Waals surface area contributed by atoms with Crippen LogP contribution in [0.5, 0.6) is 11.5 Å². The highest BCUT2D eigenvalue weighted by Gasteiger charge is 2.28. The van der Waals surface area contributed by atoms with Gasteiger partial charge in [0.05, 0.1) is 10.5 Å². The summed E-state index contributed by atoms with van der Waals surface area (Å²) < 4.78 is 24.0. The number of carbonyl (C=O) groups is 2. The molecular weight excluding hydrogens is 405 g/mol. The molecule has 0 fully saturated rings. The lowest BCUT2D eigenvalue weighted by molar-refractivity contribution is -0.384. The van der Waals surface area contributed by atoms with Gasteiger partial charge in [0.25, 0.3) is 5.69 Å². The molecule has 0 N–H and O–H groups in total. The lowest BCUT2D eigenvalue weighted by atomic mass is 10.1. The maximum absolute atomic E-state index is 13.0. The minimum Gasteiger partial charge on any atom is -0.485 e. The maximum atomic E-state index is 13.0. The molecule has 8 heteroatoms. The zero-order chi connectivity index (χ0) is 22.0. The second-order valence-electron chi connectivity index (χ2n) is 6.67. The average molecular weight is 419 g/mol. The summed E-state index contributed by atoms with van der Waals surface area (Å²) in [4.78, 5) is 35.1. The van der Waals surface area contributed by atoms with Crippen molar-refractivity contribution in [3.8, 4) is 11.5 Å². The predicted octanol–water partition coefficient (Wildman–Crippen LogP) is 4.61. The molecule has 3 aromatic rings. The fourth-order valence-corrected chi connectivity index (χ4v) is 3.00. The second-order valence-corrected chi connectivity index (χ2v) is 6.67. The molecule has 31 heavy (non-hydrogen) atoms. The number of ether oxygens (including phenoxy) is 2. The summed E-state index contributed by atoms with van der Waals surface area (Å²) in [6.07, 6.45) is 1.42. The van der Waals surface area contributed by atoms with Crippen LogP contribution in [0.1, 0.15) is 26.3 Å². The summed E-state index contributed by atoms with van der Waals surface area (Å²) >= 11 is 0. The number of rotatable bonds is 6. The van der Waals surface area contributed by atoms with Crippen molar-refractivity contribution in [2.45, 2.75) is 0 Å². The molecule has 0 radical (unpaired) electrons. The monoisotopic (exact) mass is 419 g/mol. The van der Waals surface area contributed by atoms with Crippen molar-refractivity contribution in [2.75, 3.05) is 6.61 Å². The van der Waals surface area contributed by atoms with Crippen molar-refractivity contribution in [2.24, 2.45) is 0 Å². The van der Waals surface area contributed by atoms with Crippen molar-refractivity contribution < 1.29 is 28.4 Å². The molecule has 4 rings (SSSR count). The molecule has 3 aromatic carbocycles. The Morgan fingerprint density at radius 2 is 1.87 bits per heavy atom. The van der Waals surface area contributed by atoms with Gasteiger partial charge in [0.15, 0.2) is 18.1 Å². The number of nitro benzene ring substituents is 1. The Balaban J connectivity index is 1.48. The molecule has 0 unspecified atom stereocenters. The number of fused-ring (bicyclic) bond motifs is 1. The van der Waals surface area contributed by atoms with Crippen LogP contribution >= 0.6 is 0 Å². The van der Waals surface area contributed by atoms with Crippen LogP contribution in [0.15, 0.2) is 72.5 Å². The van der Waals surface area contributed by atoms with Gasteiger partial charge in [-0.05, 0) is 48.0 Å². The minimum absolute atomic E-state index is 0.0232. The van der Waals surface area contributed by atoms with E-state index < -0.39 is 10.7 Å². The first-order chi connectivity index (χ1) is 14.9. The highest BCUT2D eigenvalue weighted by molar-refractivity contribution is 6.14. The second kappa shape index (κ2) is 8.19. The van der Waals surface area contributed by atoms with E-state index in [9.17, 15) is 24.1 Å². The van der Waals surface area contributed by atoms with E-state index >= 15 is 0 Å². The summed E-state index contributed by atoms with van der Waals surface area (Å²) in [6.45, 7) is -0.269. The van der Waals surface area contributed by atoms with Crippen molar-refractivity contribution in [3.63, 3.8) is 0 Å². The molecule has 7 nitrogen and oxygen atoms in total. The van der Waals surface area contributed by atoms with E-state index in [1.54, 1.807) is 6.07 Å². The quantitative estimate of drug-likeness (QED) is 0.251. The molecule has 0 atom stereocenters. The van der Waals surface area contributed by atoms with Crippen molar-refractivity contribution in [1.82, 2.24) is 0 Å². The Morgan fingerprint density at radius 1 is 1.10 bits per heavy atom. The van der Waals surface area contributed by atoms with Crippen molar-refractivity contribution >= 4 is 23.3 Å². The molecule has 0 bridgehead atoms. The Hall–Kier alpha value is -4.33. The van der Waals surface area contributed by atoms with E-state index in [2.05, 4.69) is 0 Å². The first kappa shape index (κ1) is 20.0. The topological polar surface area (TPSA) is 95.7 Å². The van der Waals surface area contributed by atoms with Crippen LogP contribution in [0.25, 0.3) is 6.08 Å². The summed E-state index contributed by atoms with van der Waals surface area (Å²) in [5.74, 6) is -0.534. The fraction of sp³-hybridized carbons (Fsp3) is 0.0435. The highest BCUT2D eigenvalue weighted by Crippen LogP contribution is 2.35. The van der Waals surface area contributed by atoms with E-state index in [1.165, 1.54) is 66.7 Å². The van der Waals surface area contributed by atoms with Gasteiger partial charge in [-0.15, -0.1) is 0 Å². The third-order valence-electron chi connectivity index (χ3n) is 4.56. The standard InChI is InChI=1S/C23H14FNO6/c24-16-6-4-15(5-7-16)20(26)13-30-18-8-9-19-21(12-18)31-22(23(19)27)11-14-2-1-3-17(10-14)25(28)29/h1-12H,13H2. The van der Waals surface area contributed by atoms with Crippen LogP contribution in [0.3, 0.4) is 0 Å². The van der Waals surface area contributed by atoms with Crippen LogP contribution < -0.4 is 9.47 Å². The Kier molecular flexibility index (Phi) is 5.28. The molecule has 0 saturated heterocycles. The molecule has 1 aliphatic rings. The number of Topliss-reactive ketones (excluding diaryl/α,β-unsaturated/α-hetero) is 2. The smallest absolute Gasteiger partial charge is 0.270 e. The van der Waals surface area contributed by atoms with Crippen molar-refractivity contribution in [3.05, 3.63) is 105 Å². The first-order valence-corrected chi connectivity index (χ1v) is 9.15. The van der Waals surface area contributed by atoms with E-state index in [-0.39, 0.29) is 35.4 Å². The van der Waals surface area contributed by atoms with E-state index in [4.69, 9.17) is 9.47 Å². The third-order valence-corrected chi connectivity index (χ3v) is 4.56. The molecule has 0 aromatic heterocycles. The van der Waals surface area contributed by atoms with Gasteiger partial charge in [0.1, 0.15) is 17.3 Å². The molecule has 1 heterocycles. The highest BCUT2D eigenvalue weighted by atomic mass is 19.1. The SMILES string of the molecule is O=C(COc1ccc2c(c1)OC(=Cc1cccc([N+](=O)[O-])c1)C2=O)c1ccc(F)cc1. The molecule has 154 valence electrons. The van der Waals surface area contributed by atoms with Gasteiger partial charge in [-0.1, -0.05) is 12.1 Å². The number of non-ortho nitro benzene ring substituents is 1. The zero-order valence-corrected chi connectivity index (χ0v) is 15.9. The van der Waals surface area contributed by atoms with Crippen molar-refractivity contribution in [1.29, 1.82) is 0 Å². The zero-order valence-electron chi connectivity index (χ0n) is 15.9. The van der Waals surface area contributed by atoms with Gasteiger partial charge in [-0.3, -0.25) is 19.7 Å². The third kappa shape index (κ3) is 4.32. The van der Waals surface area contributed by atoms with Crippen LogP contribution in [0, 0.1) is 15.9 Å². The van der Waals surface area contributed by atoms with Gasteiger partial charge < -0.3 is 9.47 Å². The first-order valence-electron chi connectivity index (χ1n) is 9.15.